The summed E-state index contributed by atoms with van der Waals surface area (Å²) in [5, 5.41) is 6.80. The Morgan fingerprint density at radius 2 is 2.29 bits per heavy atom. The summed E-state index contributed by atoms with van der Waals surface area (Å²) in [6.45, 7) is 8.91. The first-order chi connectivity index (χ1) is 8.25. The molecule has 1 aliphatic heterocycles. The lowest BCUT2D eigenvalue weighted by Gasteiger charge is -2.24. The van der Waals surface area contributed by atoms with Crippen LogP contribution >= 0.6 is 0 Å². The molecule has 0 bridgehead atoms. The van der Waals surface area contributed by atoms with Gasteiger partial charge < -0.3 is 15.4 Å². The van der Waals surface area contributed by atoms with Crippen LogP contribution in [0.2, 0.25) is 0 Å². The smallest absolute Gasteiger partial charge is 0.0824 e. The molecule has 2 rings (SSSR count). The van der Waals surface area contributed by atoms with Crippen LogP contribution in [0.15, 0.2) is 18.2 Å². The first kappa shape index (κ1) is 12.6. The molecule has 0 radical (unpaired) electrons. The van der Waals surface area contributed by atoms with Crippen molar-refractivity contribution in [3.05, 3.63) is 34.9 Å². The van der Waals surface area contributed by atoms with Crippen molar-refractivity contribution in [1.29, 1.82) is 0 Å². The van der Waals surface area contributed by atoms with E-state index in [0.717, 1.165) is 32.8 Å². The van der Waals surface area contributed by atoms with Gasteiger partial charge in [-0.15, -0.1) is 0 Å². The van der Waals surface area contributed by atoms with Gasteiger partial charge in [-0.1, -0.05) is 23.8 Å². The minimum absolute atomic E-state index is 0.314. The van der Waals surface area contributed by atoms with E-state index in [1.54, 1.807) is 0 Å². The highest BCUT2D eigenvalue weighted by Crippen LogP contribution is 2.10. The van der Waals surface area contributed by atoms with Crippen LogP contribution in [0.4, 0.5) is 0 Å². The van der Waals surface area contributed by atoms with Gasteiger partial charge in [-0.2, -0.15) is 0 Å². The van der Waals surface area contributed by atoms with Gasteiger partial charge >= 0.3 is 0 Å². The number of rotatable bonds is 4. The molecule has 1 aliphatic rings. The minimum atomic E-state index is 0.314. The van der Waals surface area contributed by atoms with Gasteiger partial charge in [0.2, 0.25) is 0 Å². The normalized spacial score (nSPS) is 20.5. The van der Waals surface area contributed by atoms with E-state index < -0.39 is 0 Å². The molecule has 3 heteroatoms. The largest absolute Gasteiger partial charge is 0.374 e. The number of ether oxygens (including phenoxy) is 1. The fraction of sp³-hybridized carbons (Fsp3) is 0.571. The number of nitrogens with one attached hydrogen (secondary N) is 2. The number of aryl methyl sites for hydroxylation is 2. The van der Waals surface area contributed by atoms with E-state index in [9.17, 15) is 0 Å². The standard InChI is InChI=1S/C14H22N2O/c1-11-3-4-13(12(2)7-11)8-16-10-14-9-15-5-6-17-14/h3-4,7,14-16H,5-6,8-10H2,1-2H3. The lowest BCUT2D eigenvalue weighted by molar-refractivity contribution is 0.0290. The van der Waals surface area contributed by atoms with Crippen LogP contribution in [0.1, 0.15) is 16.7 Å². The van der Waals surface area contributed by atoms with E-state index >= 15 is 0 Å². The fourth-order valence-corrected chi connectivity index (χ4v) is 2.16. The Labute approximate surface area is 104 Å². The molecule has 0 aromatic heterocycles. The van der Waals surface area contributed by atoms with E-state index in [1.165, 1.54) is 16.7 Å². The van der Waals surface area contributed by atoms with Crippen LogP contribution < -0.4 is 10.6 Å². The monoisotopic (exact) mass is 234 g/mol. The second-order valence-electron chi connectivity index (χ2n) is 4.76. The Hall–Kier alpha value is -0.900. The molecular weight excluding hydrogens is 212 g/mol. The van der Waals surface area contributed by atoms with Crippen molar-refractivity contribution in [2.75, 3.05) is 26.2 Å². The van der Waals surface area contributed by atoms with Gasteiger partial charge in [-0.25, -0.2) is 0 Å². The van der Waals surface area contributed by atoms with Crippen LogP contribution in [0.5, 0.6) is 0 Å². The Balaban J connectivity index is 1.77. The van der Waals surface area contributed by atoms with Crippen molar-refractivity contribution in [3.8, 4) is 0 Å². The lowest BCUT2D eigenvalue weighted by atomic mass is 10.1. The predicted molar refractivity (Wildman–Crippen MR) is 70.2 cm³/mol. The van der Waals surface area contributed by atoms with Gasteiger partial charge in [0.1, 0.15) is 0 Å². The van der Waals surface area contributed by atoms with E-state index in [4.69, 9.17) is 4.74 Å². The molecule has 0 aliphatic carbocycles. The first-order valence-corrected chi connectivity index (χ1v) is 6.35. The maximum absolute atomic E-state index is 5.64. The van der Waals surface area contributed by atoms with Crippen LogP contribution in [-0.4, -0.2) is 32.3 Å². The Bertz CT molecular complexity index is 359. The minimum Gasteiger partial charge on any atom is -0.374 e. The molecule has 0 saturated carbocycles. The number of benzene rings is 1. The highest BCUT2D eigenvalue weighted by Gasteiger charge is 2.12. The third-order valence-electron chi connectivity index (χ3n) is 3.19. The van der Waals surface area contributed by atoms with Crippen LogP contribution in [0.25, 0.3) is 0 Å². The number of hydrogen-bond donors (Lipinski definition) is 2. The van der Waals surface area contributed by atoms with Crippen LogP contribution in [0, 0.1) is 13.8 Å². The highest BCUT2D eigenvalue weighted by atomic mass is 16.5. The maximum atomic E-state index is 5.64. The third-order valence-corrected chi connectivity index (χ3v) is 3.19. The molecule has 1 aromatic rings. The summed E-state index contributed by atoms with van der Waals surface area (Å²) in [5.74, 6) is 0. The molecule has 1 unspecified atom stereocenters. The second-order valence-corrected chi connectivity index (χ2v) is 4.76. The highest BCUT2D eigenvalue weighted by molar-refractivity contribution is 5.30. The molecule has 1 heterocycles. The van der Waals surface area contributed by atoms with Crippen molar-refractivity contribution in [1.82, 2.24) is 10.6 Å². The van der Waals surface area contributed by atoms with Crippen molar-refractivity contribution >= 4 is 0 Å². The van der Waals surface area contributed by atoms with Gasteiger partial charge in [0, 0.05) is 26.2 Å². The molecule has 1 fully saturated rings. The van der Waals surface area contributed by atoms with Crippen molar-refractivity contribution in [3.63, 3.8) is 0 Å². The molecule has 1 aromatic carbocycles. The summed E-state index contributed by atoms with van der Waals surface area (Å²) < 4.78 is 5.64. The zero-order valence-corrected chi connectivity index (χ0v) is 10.8. The quantitative estimate of drug-likeness (QED) is 0.826. The van der Waals surface area contributed by atoms with Gasteiger partial charge in [0.05, 0.1) is 12.7 Å². The third kappa shape index (κ3) is 3.80. The van der Waals surface area contributed by atoms with Gasteiger partial charge in [-0.3, -0.25) is 0 Å². The molecule has 17 heavy (non-hydrogen) atoms. The molecule has 0 spiro atoms. The first-order valence-electron chi connectivity index (χ1n) is 6.35. The number of morpholine rings is 1. The summed E-state index contributed by atoms with van der Waals surface area (Å²) in [6.07, 6.45) is 0.314. The average molecular weight is 234 g/mol. The van der Waals surface area contributed by atoms with E-state index in [1.807, 2.05) is 0 Å². The molecule has 2 N–H and O–H groups in total. The van der Waals surface area contributed by atoms with Crippen molar-refractivity contribution in [2.45, 2.75) is 26.5 Å². The summed E-state index contributed by atoms with van der Waals surface area (Å²) >= 11 is 0. The topological polar surface area (TPSA) is 33.3 Å². The summed E-state index contributed by atoms with van der Waals surface area (Å²) in [6, 6.07) is 6.61. The van der Waals surface area contributed by atoms with E-state index in [0.29, 0.717) is 6.10 Å². The Morgan fingerprint density at radius 1 is 1.41 bits per heavy atom. The Kier molecular flexibility index (Phi) is 4.54. The molecule has 94 valence electrons. The fourth-order valence-electron chi connectivity index (χ4n) is 2.16. The Morgan fingerprint density at radius 3 is 3.00 bits per heavy atom. The second kappa shape index (κ2) is 6.15. The van der Waals surface area contributed by atoms with Gasteiger partial charge in [-0.05, 0) is 25.0 Å². The molecule has 1 atom stereocenters. The maximum Gasteiger partial charge on any atom is 0.0824 e. The summed E-state index contributed by atoms with van der Waals surface area (Å²) in [5.41, 5.74) is 4.06. The van der Waals surface area contributed by atoms with Crippen molar-refractivity contribution < 1.29 is 4.74 Å². The van der Waals surface area contributed by atoms with Gasteiger partial charge in [0.25, 0.3) is 0 Å². The van der Waals surface area contributed by atoms with Crippen LogP contribution in [0.3, 0.4) is 0 Å². The molecule has 3 nitrogen and oxygen atoms in total. The lowest BCUT2D eigenvalue weighted by Crippen LogP contribution is -2.43. The van der Waals surface area contributed by atoms with E-state index in [2.05, 4.69) is 42.7 Å². The number of hydrogen-bond acceptors (Lipinski definition) is 3. The average Bonchev–Trinajstić information content (AvgIpc) is 2.33. The zero-order chi connectivity index (χ0) is 12.1. The van der Waals surface area contributed by atoms with Crippen molar-refractivity contribution in [2.24, 2.45) is 0 Å². The van der Waals surface area contributed by atoms with Gasteiger partial charge in [0.15, 0.2) is 0 Å². The summed E-state index contributed by atoms with van der Waals surface area (Å²) in [7, 11) is 0. The molecule has 1 saturated heterocycles. The zero-order valence-electron chi connectivity index (χ0n) is 10.8. The SMILES string of the molecule is Cc1ccc(CNCC2CNCCO2)c(C)c1. The molecule has 0 amide bonds. The van der Waals surface area contributed by atoms with E-state index in [-0.39, 0.29) is 0 Å². The summed E-state index contributed by atoms with van der Waals surface area (Å²) in [4.78, 5) is 0. The molecular formula is C14H22N2O. The predicted octanol–water partition coefficient (Wildman–Crippen LogP) is 1.38. The van der Waals surface area contributed by atoms with Crippen LogP contribution in [-0.2, 0) is 11.3 Å².